The second-order valence-corrected chi connectivity index (χ2v) is 9.37. The Morgan fingerprint density at radius 1 is 1.16 bits per heavy atom. The first-order chi connectivity index (χ1) is 16.9. The van der Waals surface area contributed by atoms with Gasteiger partial charge in [0.15, 0.2) is 5.58 Å². The Morgan fingerprint density at radius 3 is 2.87 bits per heavy atom. The van der Waals surface area contributed by atoms with Gasteiger partial charge in [-0.3, -0.25) is 4.98 Å². The average molecular weight is 415 g/mol. The summed E-state index contributed by atoms with van der Waals surface area (Å²) in [5.74, 6) is 1.08. The Bertz CT molecular complexity index is 1670. The smallest absolute Gasteiger partial charge is 0.161 e. The van der Waals surface area contributed by atoms with Crippen LogP contribution in [0.25, 0.3) is 44.2 Å². The lowest BCUT2D eigenvalue weighted by atomic mass is 9.86. The molecule has 0 atom stereocenters. The highest BCUT2D eigenvalue weighted by atomic mass is 16.3. The number of aryl methyl sites for hydroxylation is 3. The highest BCUT2D eigenvalue weighted by molar-refractivity contribution is 6.15. The van der Waals surface area contributed by atoms with Crippen LogP contribution in [-0.4, -0.2) is 14.5 Å². The zero-order chi connectivity index (χ0) is 25.6. The first kappa shape index (κ1) is 14.0. The average Bonchev–Trinajstić information content (AvgIpc) is 3.49. The summed E-state index contributed by atoms with van der Waals surface area (Å²) in [6, 6.07) is 11.5. The summed E-state index contributed by atoms with van der Waals surface area (Å²) in [4.78, 5) is 9.28. The monoisotopic (exact) mass is 414 g/mol. The van der Waals surface area contributed by atoms with Gasteiger partial charge in [-0.1, -0.05) is 32.9 Å². The molecule has 0 N–H and O–H groups in total. The molecule has 5 aromatic rings. The molecule has 4 nitrogen and oxygen atoms in total. The summed E-state index contributed by atoms with van der Waals surface area (Å²) >= 11 is 0. The van der Waals surface area contributed by atoms with E-state index in [0.29, 0.717) is 16.8 Å². The van der Waals surface area contributed by atoms with Crippen molar-refractivity contribution in [2.75, 3.05) is 0 Å². The molecule has 1 aliphatic rings. The van der Waals surface area contributed by atoms with Crippen molar-refractivity contribution in [1.82, 2.24) is 14.5 Å². The normalized spacial score (nSPS) is 17.5. The van der Waals surface area contributed by atoms with Gasteiger partial charge in [-0.25, -0.2) is 4.98 Å². The number of imidazole rings is 1. The molecule has 2 aromatic carbocycles. The van der Waals surface area contributed by atoms with Crippen molar-refractivity contribution in [2.24, 2.45) is 5.41 Å². The number of hydrogen-bond acceptors (Lipinski definition) is 3. The lowest BCUT2D eigenvalue weighted by Crippen LogP contribution is -2.10. The van der Waals surface area contributed by atoms with E-state index in [4.69, 9.17) is 16.3 Å². The molecule has 0 unspecified atom stereocenters. The van der Waals surface area contributed by atoms with Gasteiger partial charge >= 0.3 is 0 Å². The molecule has 0 saturated carbocycles. The van der Waals surface area contributed by atoms with Crippen molar-refractivity contribution in [1.29, 1.82) is 0 Å². The summed E-state index contributed by atoms with van der Waals surface area (Å²) < 4.78 is 50.5. The van der Waals surface area contributed by atoms with E-state index in [1.165, 1.54) is 6.20 Å². The molecule has 156 valence electrons. The number of pyridine rings is 1. The van der Waals surface area contributed by atoms with Gasteiger partial charge < -0.3 is 8.98 Å². The Kier molecular flexibility index (Phi) is 2.91. The van der Waals surface area contributed by atoms with E-state index in [2.05, 4.69) is 9.55 Å². The van der Waals surface area contributed by atoms with Crippen LogP contribution in [0.3, 0.4) is 0 Å². The Balaban J connectivity index is 1.63. The van der Waals surface area contributed by atoms with E-state index >= 15 is 0 Å². The molecule has 0 saturated heterocycles. The highest BCUT2D eigenvalue weighted by Crippen LogP contribution is 2.39. The van der Waals surface area contributed by atoms with Crippen molar-refractivity contribution < 1.29 is 11.3 Å². The van der Waals surface area contributed by atoms with Gasteiger partial charge in [-0.05, 0) is 60.5 Å². The van der Waals surface area contributed by atoms with Crippen LogP contribution in [0.1, 0.15) is 51.0 Å². The van der Waals surface area contributed by atoms with Crippen LogP contribution in [0.5, 0.6) is 0 Å². The molecule has 4 heteroatoms. The molecule has 1 aliphatic heterocycles. The lowest BCUT2D eigenvalue weighted by molar-refractivity contribution is 0.410. The Hall–Kier alpha value is -3.14. The first-order valence-electron chi connectivity index (χ1n) is 13.2. The minimum atomic E-state index is -2.49. The van der Waals surface area contributed by atoms with Gasteiger partial charge in [0.05, 0.1) is 11.2 Å². The van der Waals surface area contributed by atoms with Crippen LogP contribution < -0.4 is 0 Å². The zero-order valence-electron chi connectivity index (χ0n) is 22.9. The predicted molar refractivity (Wildman–Crippen MR) is 126 cm³/mol. The van der Waals surface area contributed by atoms with E-state index in [9.17, 15) is 0 Å². The summed E-state index contributed by atoms with van der Waals surface area (Å²) in [6.07, 6.45) is 1.42. The van der Waals surface area contributed by atoms with Crippen LogP contribution >= 0.6 is 0 Å². The van der Waals surface area contributed by atoms with Crippen LogP contribution in [-0.2, 0) is 19.3 Å². The SMILES string of the molecule is [2H]C([2H])([2H])c1cnc(-c2cccc3c2oc2c3ccc3nc4n(c32)CCC4)cc1C([2H])([2H])C(C)(C)C. The first-order valence-corrected chi connectivity index (χ1v) is 10.7. The minimum Gasteiger partial charge on any atom is -0.453 e. The molecule has 0 spiro atoms. The van der Waals surface area contributed by atoms with Crippen LogP contribution in [0, 0.1) is 12.3 Å². The van der Waals surface area contributed by atoms with Gasteiger partial charge in [-0.15, -0.1) is 0 Å². The standard InChI is InChI=1S/C27H27N3O/c1-16-15-28-22(13-17(16)14-27(2,3)4)20-8-5-7-18-19-10-11-21-24(26(19)31-25(18)20)30-12-6-9-23(30)29-21/h5,7-8,10-11,13,15H,6,9,12,14H2,1-4H3/i1D3,14D2. The van der Waals surface area contributed by atoms with Gasteiger partial charge in [0, 0.05) is 42.4 Å². The summed E-state index contributed by atoms with van der Waals surface area (Å²) in [5.41, 5.74) is 3.74. The quantitative estimate of drug-likeness (QED) is 0.317. The van der Waals surface area contributed by atoms with Gasteiger partial charge in [0.1, 0.15) is 16.9 Å². The van der Waals surface area contributed by atoms with Gasteiger partial charge in [-0.2, -0.15) is 0 Å². The van der Waals surface area contributed by atoms with E-state index < -0.39 is 18.6 Å². The number of fused-ring (bicyclic) bond motifs is 7. The van der Waals surface area contributed by atoms with E-state index in [0.717, 1.165) is 52.6 Å². The maximum atomic E-state index is 8.85. The third-order valence-corrected chi connectivity index (χ3v) is 5.92. The number of nitrogens with zero attached hydrogens (tertiary/aromatic N) is 3. The molecular weight excluding hydrogens is 382 g/mol. The Morgan fingerprint density at radius 2 is 2.03 bits per heavy atom. The minimum absolute atomic E-state index is 0.0699. The molecule has 31 heavy (non-hydrogen) atoms. The van der Waals surface area contributed by atoms with Crippen LogP contribution in [0.2, 0.25) is 0 Å². The third kappa shape index (κ3) is 2.88. The number of hydrogen-bond donors (Lipinski definition) is 0. The van der Waals surface area contributed by atoms with Crippen molar-refractivity contribution in [3.8, 4) is 11.3 Å². The fraction of sp³-hybridized carbons (Fsp3) is 0.333. The largest absolute Gasteiger partial charge is 0.453 e. The molecule has 0 amide bonds. The topological polar surface area (TPSA) is 43.9 Å². The molecule has 0 bridgehead atoms. The molecule has 0 radical (unpaired) electrons. The maximum absolute atomic E-state index is 8.85. The number of aromatic nitrogens is 3. The van der Waals surface area contributed by atoms with E-state index in [1.54, 1.807) is 26.8 Å². The van der Waals surface area contributed by atoms with E-state index in [-0.39, 0.29) is 11.1 Å². The summed E-state index contributed by atoms with van der Waals surface area (Å²) in [7, 11) is 0. The lowest BCUT2D eigenvalue weighted by Gasteiger charge is -2.20. The van der Waals surface area contributed by atoms with Crippen molar-refractivity contribution in [3.63, 3.8) is 0 Å². The summed E-state index contributed by atoms with van der Waals surface area (Å²) in [5, 5.41) is 1.92. The van der Waals surface area contributed by atoms with Crippen LogP contribution in [0.4, 0.5) is 0 Å². The molecule has 6 rings (SSSR count). The third-order valence-electron chi connectivity index (χ3n) is 5.92. The predicted octanol–water partition coefficient (Wildman–Crippen LogP) is 6.84. The van der Waals surface area contributed by atoms with Crippen molar-refractivity contribution >= 4 is 33.0 Å². The second-order valence-electron chi connectivity index (χ2n) is 9.37. The van der Waals surface area contributed by atoms with Gasteiger partial charge in [0.25, 0.3) is 0 Å². The van der Waals surface area contributed by atoms with Crippen molar-refractivity contribution in [2.45, 2.75) is 53.4 Å². The summed E-state index contributed by atoms with van der Waals surface area (Å²) in [6.45, 7) is 3.74. The number of furan rings is 1. The van der Waals surface area contributed by atoms with Gasteiger partial charge in [0.2, 0.25) is 0 Å². The molecule has 4 heterocycles. The number of rotatable bonds is 2. The molecule has 0 aliphatic carbocycles. The van der Waals surface area contributed by atoms with E-state index in [1.807, 2.05) is 30.3 Å². The molecule has 0 fully saturated rings. The molecule has 3 aromatic heterocycles. The number of para-hydroxylation sites is 1. The fourth-order valence-electron chi connectivity index (χ4n) is 4.66. The Labute approximate surface area is 188 Å². The second kappa shape index (κ2) is 6.43. The fourth-order valence-corrected chi connectivity index (χ4v) is 4.66. The highest BCUT2D eigenvalue weighted by Gasteiger charge is 2.22. The zero-order valence-corrected chi connectivity index (χ0v) is 17.9. The number of benzene rings is 2. The van der Waals surface area contributed by atoms with Crippen molar-refractivity contribution in [3.05, 3.63) is 59.5 Å². The molecular formula is C27H27N3O. The maximum Gasteiger partial charge on any atom is 0.161 e. The van der Waals surface area contributed by atoms with Crippen LogP contribution in [0.15, 0.2) is 47.0 Å².